The molecule has 0 radical (unpaired) electrons. The topological polar surface area (TPSA) is 55.8 Å². The number of allylic oxidation sites excluding steroid dienone is 1. The second-order valence-electron chi connectivity index (χ2n) is 4.23. The van der Waals surface area contributed by atoms with Gasteiger partial charge in [-0.25, -0.2) is 0 Å². The molecule has 16 heavy (non-hydrogen) atoms. The molecule has 4 heteroatoms. The average Bonchev–Trinajstić information content (AvgIpc) is 2.72. The van der Waals surface area contributed by atoms with Gasteiger partial charge in [0.25, 0.3) is 0 Å². The highest BCUT2D eigenvalue weighted by molar-refractivity contribution is 5.98. The molecular weight excluding hydrogens is 208 g/mol. The van der Waals surface area contributed by atoms with E-state index in [9.17, 15) is 4.79 Å². The van der Waals surface area contributed by atoms with E-state index in [1.54, 1.807) is 6.08 Å². The number of hydrogen-bond donors (Lipinski definition) is 1. The minimum atomic E-state index is -0.698. The van der Waals surface area contributed by atoms with Gasteiger partial charge in [0.15, 0.2) is 11.6 Å². The summed E-state index contributed by atoms with van der Waals surface area (Å²) in [6, 6.07) is 0. The molecule has 1 heterocycles. The van der Waals surface area contributed by atoms with Crippen LogP contribution in [0.4, 0.5) is 0 Å². The van der Waals surface area contributed by atoms with Crippen LogP contribution in [0.1, 0.15) is 19.3 Å². The smallest absolute Gasteiger partial charge is 0.173 e. The second kappa shape index (κ2) is 4.39. The number of Topliss-reactive ketones (excluding diaryl/α,β-unsaturated/α-hetero) is 1. The van der Waals surface area contributed by atoms with Crippen LogP contribution in [-0.2, 0) is 14.3 Å². The molecule has 0 aromatic carbocycles. The highest BCUT2D eigenvalue weighted by Crippen LogP contribution is 2.40. The first-order valence-corrected chi connectivity index (χ1v) is 5.47. The van der Waals surface area contributed by atoms with Crippen molar-refractivity contribution in [3.63, 3.8) is 0 Å². The van der Waals surface area contributed by atoms with Crippen LogP contribution in [0.25, 0.3) is 0 Å². The zero-order valence-electron chi connectivity index (χ0n) is 9.15. The molecule has 1 N–H and O–H groups in total. The standard InChI is InChI=1S/C12H16O4/c1-2-3-9-6-12(15-4-5-16-12)7-10(8-13)11(9)14/h2,8-9,13H,1,3-7H2/b10-8+. The maximum Gasteiger partial charge on any atom is 0.173 e. The monoisotopic (exact) mass is 224 g/mol. The predicted octanol–water partition coefficient (Wildman–Crippen LogP) is 1.73. The van der Waals surface area contributed by atoms with Crippen molar-refractivity contribution in [2.45, 2.75) is 25.0 Å². The maximum absolute atomic E-state index is 11.9. The molecule has 0 amide bonds. The molecule has 1 aliphatic heterocycles. The van der Waals surface area contributed by atoms with Gasteiger partial charge in [-0.2, -0.15) is 0 Å². The fourth-order valence-corrected chi connectivity index (χ4v) is 2.40. The molecule has 88 valence electrons. The summed E-state index contributed by atoms with van der Waals surface area (Å²) in [4.78, 5) is 11.9. The lowest BCUT2D eigenvalue weighted by atomic mass is 9.79. The molecule has 0 aromatic heterocycles. The summed E-state index contributed by atoms with van der Waals surface area (Å²) in [6.45, 7) is 4.74. The third-order valence-electron chi connectivity index (χ3n) is 3.13. The largest absolute Gasteiger partial charge is 0.515 e. The molecule has 1 saturated carbocycles. The molecule has 4 nitrogen and oxygen atoms in total. The van der Waals surface area contributed by atoms with E-state index in [0.717, 1.165) is 6.26 Å². The van der Waals surface area contributed by atoms with Crippen LogP contribution in [-0.4, -0.2) is 29.9 Å². The van der Waals surface area contributed by atoms with Gasteiger partial charge in [0.05, 0.1) is 19.5 Å². The first-order valence-electron chi connectivity index (χ1n) is 5.47. The van der Waals surface area contributed by atoms with Crippen molar-refractivity contribution < 1.29 is 19.4 Å². The van der Waals surface area contributed by atoms with Crippen molar-refractivity contribution in [3.05, 3.63) is 24.5 Å². The second-order valence-corrected chi connectivity index (χ2v) is 4.23. The van der Waals surface area contributed by atoms with E-state index in [4.69, 9.17) is 14.6 Å². The fourth-order valence-electron chi connectivity index (χ4n) is 2.40. The van der Waals surface area contributed by atoms with Crippen molar-refractivity contribution in [2.24, 2.45) is 5.92 Å². The molecule has 1 aliphatic carbocycles. The number of carbonyl (C=O) groups is 1. The Labute approximate surface area is 94.5 Å². The van der Waals surface area contributed by atoms with Gasteiger partial charge in [-0.05, 0) is 6.42 Å². The summed E-state index contributed by atoms with van der Waals surface area (Å²) in [5, 5.41) is 9.07. The fraction of sp³-hybridized carbons (Fsp3) is 0.583. The van der Waals surface area contributed by atoms with Crippen molar-refractivity contribution in [1.82, 2.24) is 0 Å². The number of ether oxygens (including phenoxy) is 2. The van der Waals surface area contributed by atoms with Crippen LogP contribution in [0.3, 0.4) is 0 Å². The van der Waals surface area contributed by atoms with Crippen LogP contribution in [0, 0.1) is 5.92 Å². The van der Waals surface area contributed by atoms with Crippen molar-refractivity contribution in [2.75, 3.05) is 13.2 Å². The molecular formula is C12H16O4. The normalized spacial score (nSPS) is 31.1. The van der Waals surface area contributed by atoms with Crippen LogP contribution in [0.15, 0.2) is 24.5 Å². The zero-order valence-corrected chi connectivity index (χ0v) is 9.15. The van der Waals surface area contributed by atoms with E-state index >= 15 is 0 Å². The van der Waals surface area contributed by atoms with E-state index in [1.165, 1.54) is 0 Å². The molecule has 2 aliphatic rings. The Balaban J connectivity index is 2.21. The lowest BCUT2D eigenvalue weighted by Gasteiger charge is -2.35. The Bertz CT molecular complexity index is 326. The summed E-state index contributed by atoms with van der Waals surface area (Å²) in [6.07, 6.45) is 4.08. The van der Waals surface area contributed by atoms with Crippen molar-refractivity contribution in [1.29, 1.82) is 0 Å². The lowest BCUT2D eigenvalue weighted by Crippen LogP contribution is -2.41. The van der Waals surface area contributed by atoms with Gasteiger partial charge in [0.2, 0.25) is 0 Å². The molecule has 0 aromatic rings. The van der Waals surface area contributed by atoms with E-state index in [1.807, 2.05) is 0 Å². The third-order valence-corrected chi connectivity index (χ3v) is 3.13. The number of ketones is 1. The summed E-state index contributed by atoms with van der Waals surface area (Å²) >= 11 is 0. The Kier molecular flexibility index (Phi) is 3.12. The molecule has 1 spiro atoms. The van der Waals surface area contributed by atoms with Gasteiger partial charge in [-0.1, -0.05) is 6.08 Å². The number of hydrogen-bond acceptors (Lipinski definition) is 4. The van der Waals surface area contributed by atoms with Crippen LogP contribution in [0.5, 0.6) is 0 Å². The van der Waals surface area contributed by atoms with Crippen LogP contribution in [0.2, 0.25) is 0 Å². The quantitative estimate of drug-likeness (QED) is 0.441. The highest BCUT2D eigenvalue weighted by Gasteiger charge is 2.46. The Morgan fingerprint density at radius 3 is 2.75 bits per heavy atom. The summed E-state index contributed by atoms with van der Waals surface area (Å²) < 4.78 is 11.2. The molecule has 1 saturated heterocycles. The van der Waals surface area contributed by atoms with Crippen molar-refractivity contribution >= 4 is 5.78 Å². The van der Waals surface area contributed by atoms with Gasteiger partial charge < -0.3 is 14.6 Å². The van der Waals surface area contributed by atoms with Crippen molar-refractivity contribution in [3.8, 4) is 0 Å². The molecule has 2 rings (SSSR count). The molecule has 2 fully saturated rings. The molecule has 1 unspecified atom stereocenters. The number of rotatable bonds is 2. The highest BCUT2D eigenvalue weighted by atomic mass is 16.7. The molecule has 0 bridgehead atoms. The summed E-state index contributed by atoms with van der Waals surface area (Å²) in [7, 11) is 0. The van der Waals surface area contributed by atoms with Crippen LogP contribution >= 0.6 is 0 Å². The summed E-state index contributed by atoms with van der Waals surface area (Å²) in [5.74, 6) is -0.911. The summed E-state index contributed by atoms with van der Waals surface area (Å²) in [5.41, 5.74) is 0.389. The van der Waals surface area contributed by atoms with E-state index in [-0.39, 0.29) is 11.7 Å². The Hall–Kier alpha value is -1.13. The first-order chi connectivity index (χ1) is 7.71. The van der Waals surface area contributed by atoms with Gasteiger partial charge in [-0.15, -0.1) is 6.58 Å². The van der Waals surface area contributed by atoms with E-state index in [2.05, 4.69) is 6.58 Å². The van der Waals surface area contributed by atoms with E-state index < -0.39 is 5.79 Å². The maximum atomic E-state index is 11.9. The van der Waals surface area contributed by atoms with Crippen LogP contribution < -0.4 is 0 Å². The predicted molar refractivity (Wildman–Crippen MR) is 57.9 cm³/mol. The average molecular weight is 224 g/mol. The number of aliphatic hydroxyl groups is 1. The lowest BCUT2D eigenvalue weighted by molar-refractivity contribution is -0.180. The SMILES string of the molecule is C=CCC1CC2(C/C(=C\O)C1=O)OCCO2. The van der Waals surface area contributed by atoms with E-state index in [0.29, 0.717) is 38.0 Å². The van der Waals surface area contributed by atoms with Gasteiger partial charge in [0, 0.05) is 24.3 Å². The minimum absolute atomic E-state index is 0.0212. The Morgan fingerprint density at radius 1 is 1.50 bits per heavy atom. The third kappa shape index (κ3) is 1.90. The minimum Gasteiger partial charge on any atom is -0.515 e. The molecule has 1 atom stereocenters. The van der Waals surface area contributed by atoms with Gasteiger partial charge in [0.1, 0.15) is 0 Å². The number of carbonyl (C=O) groups excluding carboxylic acids is 1. The van der Waals surface area contributed by atoms with Gasteiger partial charge >= 0.3 is 0 Å². The van der Waals surface area contributed by atoms with Gasteiger partial charge in [-0.3, -0.25) is 4.79 Å². The Morgan fingerprint density at radius 2 is 2.19 bits per heavy atom. The zero-order chi connectivity index (χ0) is 11.6. The first kappa shape index (κ1) is 11.4. The number of aliphatic hydroxyl groups excluding tert-OH is 1.